The van der Waals surface area contributed by atoms with Gasteiger partial charge in [-0.2, -0.15) is 0 Å². The van der Waals surface area contributed by atoms with Gasteiger partial charge in [0.1, 0.15) is 5.75 Å². The van der Waals surface area contributed by atoms with Crippen LogP contribution in [0.2, 0.25) is 0 Å². The van der Waals surface area contributed by atoms with Crippen LogP contribution >= 0.6 is 0 Å². The molecule has 0 radical (unpaired) electrons. The summed E-state index contributed by atoms with van der Waals surface area (Å²) in [5, 5.41) is 9.33. The number of methoxy groups -OCH3 is 1. The summed E-state index contributed by atoms with van der Waals surface area (Å²) in [6.45, 7) is 3.96. The second kappa shape index (κ2) is 4.61. The number of aliphatic hydroxyl groups excluding tert-OH is 1. The summed E-state index contributed by atoms with van der Waals surface area (Å²) in [6.07, 6.45) is 0. The number of hydrogen-bond acceptors (Lipinski definition) is 4. The molecule has 0 bridgehead atoms. The fraction of sp³-hybridized carbons (Fsp3) is 0.500. The van der Waals surface area contributed by atoms with E-state index in [0.29, 0.717) is 11.4 Å². The van der Waals surface area contributed by atoms with Crippen LogP contribution in [0, 0.1) is 0 Å². The number of para-hydroxylation sites is 1. The van der Waals surface area contributed by atoms with E-state index in [1.165, 1.54) is 0 Å². The number of nitrogens with zero attached hydrogens (tertiary/aromatic N) is 1. The minimum Gasteiger partial charge on any atom is -0.495 e. The number of aliphatic hydroxyl groups is 1. The highest BCUT2D eigenvalue weighted by Crippen LogP contribution is 2.34. The average Bonchev–Trinajstić information content (AvgIpc) is 2.28. The molecule has 0 amide bonds. The summed E-state index contributed by atoms with van der Waals surface area (Å²) in [5.41, 5.74) is 7.09. The van der Waals surface area contributed by atoms with Crippen molar-refractivity contribution in [3.63, 3.8) is 0 Å². The lowest BCUT2D eigenvalue weighted by atomic mass is 10.0. The Morgan fingerprint density at radius 1 is 1.44 bits per heavy atom. The summed E-state index contributed by atoms with van der Waals surface area (Å²) < 4.78 is 5.17. The Hall–Kier alpha value is -1.42. The molecule has 0 fully saturated rings. The third-order valence-electron chi connectivity index (χ3n) is 2.92. The average molecular weight is 224 g/mol. The number of benzene rings is 1. The molecule has 1 aromatic rings. The van der Waals surface area contributed by atoms with Gasteiger partial charge in [0, 0.05) is 7.05 Å². The van der Waals surface area contributed by atoms with Gasteiger partial charge >= 0.3 is 0 Å². The van der Waals surface area contributed by atoms with E-state index in [1.54, 1.807) is 7.11 Å². The van der Waals surface area contributed by atoms with E-state index in [2.05, 4.69) is 0 Å². The van der Waals surface area contributed by atoms with Crippen LogP contribution in [0.3, 0.4) is 0 Å². The first-order valence-corrected chi connectivity index (χ1v) is 5.21. The molecule has 0 aliphatic carbocycles. The van der Waals surface area contributed by atoms with E-state index in [4.69, 9.17) is 10.5 Å². The van der Waals surface area contributed by atoms with Crippen molar-refractivity contribution in [2.45, 2.75) is 19.4 Å². The van der Waals surface area contributed by atoms with Gasteiger partial charge in [-0.25, -0.2) is 0 Å². The molecule has 0 heterocycles. The highest BCUT2D eigenvalue weighted by atomic mass is 16.5. The van der Waals surface area contributed by atoms with Gasteiger partial charge in [-0.05, 0) is 26.0 Å². The zero-order chi connectivity index (χ0) is 12.3. The molecule has 16 heavy (non-hydrogen) atoms. The van der Waals surface area contributed by atoms with E-state index in [1.807, 2.05) is 44.0 Å². The number of anilines is 2. The van der Waals surface area contributed by atoms with Gasteiger partial charge in [0.15, 0.2) is 0 Å². The molecular formula is C12H20N2O2. The molecule has 3 N–H and O–H groups in total. The first-order chi connectivity index (χ1) is 7.44. The Morgan fingerprint density at radius 2 is 2.06 bits per heavy atom. The summed E-state index contributed by atoms with van der Waals surface area (Å²) >= 11 is 0. The van der Waals surface area contributed by atoms with Crippen molar-refractivity contribution >= 4 is 11.4 Å². The Bertz CT molecular complexity index is 364. The van der Waals surface area contributed by atoms with Crippen LogP contribution in [0.1, 0.15) is 13.8 Å². The van der Waals surface area contributed by atoms with Crippen LogP contribution in [0.15, 0.2) is 18.2 Å². The SMILES string of the molecule is COc1cccc(N(C)C(C)(C)CO)c1N. The van der Waals surface area contributed by atoms with Gasteiger partial charge in [-0.15, -0.1) is 0 Å². The summed E-state index contributed by atoms with van der Waals surface area (Å²) in [4.78, 5) is 1.95. The molecule has 0 unspecified atom stereocenters. The topological polar surface area (TPSA) is 58.7 Å². The number of rotatable bonds is 4. The Balaban J connectivity index is 3.14. The van der Waals surface area contributed by atoms with Gasteiger partial charge in [0.2, 0.25) is 0 Å². The van der Waals surface area contributed by atoms with Crippen LogP contribution < -0.4 is 15.4 Å². The van der Waals surface area contributed by atoms with Gasteiger partial charge in [0.25, 0.3) is 0 Å². The smallest absolute Gasteiger partial charge is 0.143 e. The molecule has 0 spiro atoms. The van der Waals surface area contributed by atoms with Crippen LogP contribution in [0.4, 0.5) is 11.4 Å². The lowest BCUT2D eigenvalue weighted by Gasteiger charge is -2.36. The van der Waals surface area contributed by atoms with Crippen LogP contribution in [-0.2, 0) is 0 Å². The van der Waals surface area contributed by atoms with E-state index in [9.17, 15) is 5.11 Å². The second-order valence-corrected chi connectivity index (χ2v) is 4.42. The monoisotopic (exact) mass is 224 g/mol. The molecule has 0 saturated carbocycles. The Labute approximate surface area is 96.6 Å². The first-order valence-electron chi connectivity index (χ1n) is 5.21. The maximum atomic E-state index is 9.33. The summed E-state index contributed by atoms with van der Waals surface area (Å²) in [6, 6.07) is 5.61. The Morgan fingerprint density at radius 3 is 2.56 bits per heavy atom. The zero-order valence-corrected chi connectivity index (χ0v) is 10.3. The lowest BCUT2D eigenvalue weighted by Crippen LogP contribution is -2.44. The second-order valence-electron chi connectivity index (χ2n) is 4.42. The Kier molecular flexibility index (Phi) is 3.65. The van der Waals surface area contributed by atoms with Crippen molar-refractivity contribution < 1.29 is 9.84 Å². The van der Waals surface area contributed by atoms with Crippen molar-refractivity contribution in [2.24, 2.45) is 0 Å². The number of nitrogen functional groups attached to an aromatic ring is 1. The number of likely N-dealkylation sites (N-methyl/N-ethyl adjacent to an activating group) is 1. The lowest BCUT2D eigenvalue weighted by molar-refractivity contribution is 0.216. The van der Waals surface area contributed by atoms with Gasteiger partial charge in [-0.1, -0.05) is 6.07 Å². The standard InChI is InChI=1S/C12H20N2O2/c1-12(2,8-15)14(3)9-6-5-7-10(16-4)11(9)13/h5-7,15H,8,13H2,1-4H3. The maximum Gasteiger partial charge on any atom is 0.143 e. The third-order valence-corrected chi connectivity index (χ3v) is 2.92. The predicted octanol–water partition coefficient (Wildman–Crippen LogP) is 1.48. The first kappa shape index (κ1) is 12.6. The van der Waals surface area contributed by atoms with Crippen molar-refractivity contribution in [2.75, 3.05) is 31.4 Å². The van der Waals surface area contributed by atoms with E-state index in [-0.39, 0.29) is 12.1 Å². The fourth-order valence-electron chi connectivity index (χ4n) is 1.44. The molecule has 0 aromatic heterocycles. The van der Waals surface area contributed by atoms with Crippen molar-refractivity contribution in [3.8, 4) is 5.75 Å². The molecule has 0 atom stereocenters. The normalized spacial score (nSPS) is 11.3. The number of hydrogen-bond donors (Lipinski definition) is 2. The van der Waals surface area contributed by atoms with Crippen LogP contribution in [0.25, 0.3) is 0 Å². The van der Waals surface area contributed by atoms with Gasteiger partial charge in [0.05, 0.1) is 30.6 Å². The molecule has 4 heteroatoms. The maximum absolute atomic E-state index is 9.33. The van der Waals surface area contributed by atoms with Gasteiger partial charge in [-0.3, -0.25) is 0 Å². The molecule has 1 rings (SSSR count). The summed E-state index contributed by atoms with van der Waals surface area (Å²) in [5.74, 6) is 0.651. The molecule has 0 saturated heterocycles. The summed E-state index contributed by atoms with van der Waals surface area (Å²) in [7, 11) is 3.49. The van der Waals surface area contributed by atoms with Crippen molar-refractivity contribution in [1.29, 1.82) is 0 Å². The highest BCUT2D eigenvalue weighted by Gasteiger charge is 2.24. The molecular weight excluding hydrogens is 204 g/mol. The van der Waals surface area contributed by atoms with Crippen LogP contribution in [0.5, 0.6) is 5.75 Å². The highest BCUT2D eigenvalue weighted by molar-refractivity contribution is 5.74. The van der Waals surface area contributed by atoms with Crippen molar-refractivity contribution in [1.82, 2.24) is 0 Å². The van der Waals surface area contributed by atoms with E-state index in [0.717, 1.165) is 5.69 Å². The van der Waals surface area contributed by atoms with E-state index < -0.39 is 0 Å². The molecule has 0 aliphatic rings. The molecule has 90 valence electrons. The third kappa shape index (κ3) is 2.22. The predicted molar refractivity (Wildman–Crippen MR) is 67.0 cm³/mol. The quantitative estimate of drug-likeness (QED) is 0.761. The van der Waals surface area contributed by atoms with Crippen LogP contribution in [-0.4, -0.2) is 31.4 Å². The fourth-order valence-corrected chi connectivity index (χ4v) is 1.44. The zero-order valence-electron chi connectivity index (χ0n) is 10.3. The minimum atomic E-state index is -0.361. The molecule has 0 aliphatic heterocycles. The molecule has 4 nitrogen and oxygen atoms in total. The van der Waals surface area contributed by atoms with Crippen molar-refractivity contribution in [3.05, 3.63) is 18.2 Å². The molecule has 1 aromatic carbocycles. The minimum absolute atomic E-state index is 0.0557. The number of nitrogens with two attached hydrogens (primary N) is 1. The largest absolute Gasteiger partial charge is 0.495 e. The van der Waals surface area contributed by atoms with Gasteiger partial charge < -0.3 is 20.5 Å². The van der Waals surface area contributed by atoms with E-state index >= 15 is 0 Å². The number of ether oxygens (including phenoxy) is 1.